The van der Waals surface area contributed by atoms with Gasteiger partial charge < -0.3 is 15.3 Å². The highest BCUT2D eigenvalue weighted by atomic mass is 16.3. The maximum Gasteiger partial charge on any atom is 0.0558 e. The Kier molecular flexibility index (Phi) is 4.90. The molecule has 0 unspecified atom stereocenters. The second-order valence-corrected chi connectivity index (χ2v) is 6.04. The SMILES string of the molecule is CCc1cncc2cccc(NC3CCN(CCO)CC3)c12. The molecule has 0 radical (unpaired) electrons. The highest BCUT2D eigenvalue weighted by molar-refractivity contribution is 5.96. The van der Waals surface area contributed by atoms with E-state index in [4.69, 9.17) is 5.11 Å². The number of likely N-dealkylation sites (tertiary alicyclic amines) is 1. The normalized spacial score (nSPS) is 17.0. The molecule has 0 amide bonds. The van der Waals surface area contributed by atoms with Gasteiger partial charge in [-0.15, -0.1) is 0 Å². The van der Waals surface area contributed by atoms with E-state index < -0.39 is 0 Å². The number of aryl methyl sites for hydroxylation is 1. The number of β-amino-alcohol motifs (C(OH)–C–C–N with tert-alkyl or cyclic N) is 1. The zero-order chi connectivity index (χ0) is 15.4. The molecule has 1 aromatic heterocycles. The van der Waals surface area contributed by atoms with Crippen molar-refractivity contribution in [2.24, 2.45) is 0 Å². The quantitative estimate of drug-likeness (QED) is 0.891. The van der Waals surface area contributed by atoms with Gasteiger partial charge in [-0.2, -0.15) is 0 Å². The predicted molar refractivity (Wildman–Crippen MR) is 91.3 cm³/mol. The fourth-order valence-corrected chi connectivity index (χ4v) is 3.36. The third-order valence-electron chi connectivity index (χ3n) is 4.61. The van der Waals surface area contributed by atoms with Crippen molar-refractivity contribution < 1.29 is 5.11 Å². The minimum Gasteiger partial charge on any atom is -0.395 e. The molecule has 2 heterocycles. The van der Waals surface area contributed by atoms with Gasteiger partial charge in [0.1, 0.15) is 0 Å². The van der Waals surface area contributed by atoms with Gasteiger partial charge in [0.25, 0.3) is 0 Å². The fraction of sp³-hybridized carbons (Fsp3) is 0.500. The second kappa shape index (κ2) is 7.07. The van der Waals surface area contributed by atoms with E-state index in [0.717, 1.165) is 38.9 Å². The Bertz CT molecular complexity index is 616. The molecule has 2 aromatic rings. The molecule has 3 rings (SSSR count). The first-order chi connectivity index (χ1) is 10.8. The number of aliphatic hydroxyl groups is 1. The molecule has 1 fully saturated rings. The Morgan fingerprint density at radius 3 is 2.82 bits per heavy atom. The maximum atomic E-state index is 9.03. The maximum absolute atomic E-state index is 9.03. The van der Waals surface area contributed by atoms with Crippen molar-refractivity contribution in [1.29, 1.82) is 0 Å². The van der Waals surface area contributed by atoms with Crippen LogP contribution in [0.2, 0.25) is 0 Å². The average Bonchev–Trinajstić information content (AvgIpc) is 2.56. The van der Waals surface area contributed by atoms with E-state index >= 15 is 0 Å². The summed E-state index contributed by atoms with van der Waals surface area (Å²) in [7, 11) is 0. The third kappa shape index (κ3) is 3.23. The molecule has 0 aliphatic carbocycles. The molecule has 1 aliphatic heterocycles. The van der Waals surface area contributed by atoms with Crippen LogP contribution >= 0.6 is 0 Å². The van der Waals surface area contributed by atoms with Crippen LogP contribution in [-0.2, 0) is 6.42 Å². The predicted octanol–water partition coefficient (Wildman–Crippen LogP) is 2.67. The topological polar surface area (TPSA) is 48.4 Å². The van der Waals surface area contributed by atoms with Gasteiger partial charge in [-0.05, 0) is 30.9 Å². The first kappa shape index (κ1) is 15.3. The van der Waals surface area contributed by atoms with Gasteiger partial charge in [0, 0.05) is 54.5 Å². The lowest BCUT2D eigenvalue weighted by molar-refractivity contribution is 0.168. The number of aliphatic hydroxyl groups excluding tert-OH is 1. The zero-order valence-electron chi connectivity index (χ0n) is 13.3. The van der Waals surface area contributed by atoms with Gasteiger partial charge in [-0.25, -0.2) is 0 Å². The Labute approximate surface area is 132 Å². The number of hydrogen-bond acceptors (Lipinski definition) is 4. The van der Waals surface area contributed by atoms with Crippen molar-refractivity contribution in [3.8, 4) is 0 Å². The van der Waals surface area contributed by atoms with Crippen molar-refractivity contribution >= 4 is 16.5 Å². The van der Waals surface area contributed by atoms with Gasteiger partial charge in [-0.3, -0.25) is 4.98 Å². The minimum atomic E-state index is 0.258. The summed E-state index contributed by atoms with van der Waals surface area (Å²) in [6, 6.07) is 6.93. The molecular formula is C18H25N3O. The summed E-state index contributed by atoms with van der Waals surface area (Å²) in [5.74, 6) is 0. The Morgan fingerprint density at radius 1 is 1.27 bits per heavy atom. The fourth-order valence-electron chi connectivity index (χ4n) is 3.36. The van der Waals surface area contributed by atoms with Crippen molar-refractivity contribution in [3.05, 3.63) is 36.2 Å². The highest BCUT2D eigenvalue weighted by Crippen LogP contribution is 2.28. The third-order valence-corrected chi connectivity index (χ3v) is 4.61. The van der Waals surface area contributed by atoms with Gasteiger partial charge in [0.15, 0.2) is 0 Å². The molecule has 1 aromatic carbocycles. The van der Waals surface area contributed by atoms with Crippen LogP contribution in [0.3, 0.4) is 0 Å². The van der Waals surface area contributed by atoms with E-state index in [1.54, 1.807) is 0 Å². The van der Waals surface area contributed by atoms with Crippen LogP contribution in [0.5, 0.6) is 0 Å². The summed E-state index contributed by atoms with van der Waals surface area (Å²) < 4.78 is 0. The summed E-state index contributed by atoms with van der Waals surface area (Å²) >= 11 is 0. The molecule has 118 valence electrons. The van der Waals surface area contributed by atoms with Crippen LogP contribution in [0, 0.1) is 0 Å². The van der Waals surface area contributed by atoms with Gasteiger partial charge in [-0.1, -0.05) is 19.1 Å². The van der Waals surface area contributed by atoms with E-state index in [-0.39, 0.29) is 6.61 Å². The first-order valence-electron chi connectivity index (χ1n) is 8.27. The summed E-state index contributed by atoms with van der Waals surface area (Å²) in [5, 5.41) is 15.3. The van der Waals surface area contributed by atoms with E-state index in [1.165, 1.54) is 22.0 Å². The molecule has 4 heteroatoms. The van der Waals surface area contributed by atoms with Crippen LogP contribution in [0.25, 0.3) is 10.8 Å². The minimum absolute atomic E-state index is 0.258. The van der Waals surface area contributed by atoms with Crippen molar-refractivity contribution in [1.82, 2.24) is 9.88 Å². The van der Waals surface area contributed by atoms with Crippen molar-refractivity contribution in [2.45, 2.75) is 32.2 Å². The molecule has 1 saturated heterocycles. The van der Waals surface area contributed by atoms with E-state index in [9.17, 15) is 0 Å². The number of piperidine rings is 1. The molecular weight excluding hydrogens is 274 g/mol. The van der Waals surface area contributed by atoms with Crippen LogP contribution in [0.1, 0.15) is 25.3 Å². The summed E-state index contributed by atoms with van der Waals surface area (Å²) in [6.07, 6.45) is 7.19. The largest absolute Gasteiger partial charge is 0.395 e. The van der Waals surface area contributed by atoms with Crippen molar-refractivity contribution in [3.63, 3.8) is 0 Å². The molecule has 2 N–H and O–H groups in total. The molecule has 0 bridgehead atoms. The number of hydrogen-bond donors (Lipinski definition) is 2. The lowest BCUT2D eigenvalue weighted by Crippen LogP contribution is -2.40. The number of aromatic nitrogens is 1. The lowest BCUT2D eigenvalue weighted by Gasteiger charge is -2.32. The van der Waals surface area contributed by atoms with Gasteiger partial charge in [0.2, 0.25) is 0 Å². The number of benzene rings is 1. The first-order valence-corrected chi connectivity index (χ1v) is 8.27. The Balaban J connectivity index is 1.77. The number of anilines is 1. The Hall–Kier alpha value is -1.65. The highest BCUT2D eigenvalue weighted by Gasteiger charge is 2.19. The standard InChI is InChI=1S/C18H25N3O/c1-2-14-12-19-13-15-4-3-5-17(18(14)15)20-16-6-8-21(9-7-16)10-11-22/h3-5,12-13,16,20,22H,2,6-11H2,1H3. The Morgan fingerprint density at radius 2 is 2.09 bits per heavy atom. The van der Waals surface area contributed by atoms with Crippen LogP contribution in [-0.4, -0.2) is 47.3 Å². The van der Waals surface area contributed by atoms with E-state index in [2.05, 4.69) is 40.3 Å². The smallest absolute Gasteiger partial charge is 0.0558 e. The molecule has 1 aliphatic rings. The average molecular weight is 299 g/mol. The van der Waals surface area contributed by atoms with E-state index in [0.29, 0.717) is 6.04 Å². The molecule has 22 heavy (non-hydrogen) atoms. The number of nitrogens with zero attached hydrogens (tertiary/aromatic N) is 2. The number of fused-ring (bicyclic) bond motifs is 1. The number of nitrogens with one attached hydrogen (secondary N) is 1. The van der Waals surface area contributed by atoms with Gasteiger partial charge >= 0.3 is 0 Å². The second-order valence-electron chi connectivity index (χ2n) is 6.04. The van der Waals surface area contributed by atoms with Crippen LogP contribution < -0.4 is 5.32 Å². The number of rotatable bonds is 5. The summed E-state index contributed by atoms with van der Waals surface area (Å²) in [6.45, 7) is 5.36. The zero-order valence-corrected chi connectivity index (χ0v) is 13.3. The van der Waals surface area contributed by atoms with Crippen LogP contribution in [0.15, 0.2) is 30.6 Å². The van der Waals surface area contributed by atoms with E-state index in [1.807, 2.05) is 12.4 Å². The summed E-state index contributed by atoms with van der Waals surface area (Å²) in [5.41, 5.74) is 2.54. The lowest BCUT2D eigenvalue weighted by atomic mass is 10.0. The molecule has 0 spiro atoms. The molecule has 4 nitrogen and oxygen atoms in total. The summed E-state index contributed by atoms with van der Waals surface area (Å²) in [4.78, 5) is 6.68. The number of pyridine rings is 1. The van der Waals surface area contributed by atoms with Crippen LogP contribution in [0.4, 0.5) is 5.69 Å². The molecule has 0 saturated carbocycles. The van der Waals surface area contributed by atoms with Gasteiger partial charge in [0.05, 0.1) is 6.61 Å². The molecule has 0 atom stereocenters. The monoisotopic (exact) mass is 299 g/mol. The van der Waals surface area contributed by atoms with Crippen molar-refractivity contribution in [2.75, 3.05) is 31.6 Å².